The summed E-state index contributed by atoms with van der Waals surface area (Å²) in [5.74, 6) is -2.09. The van der Waals surface area contributed by atoms with Gasteiger partial charge in [0, 0.05) is 29.6 Å². The van der Waals surface area contributed by atoms with Crippen molar-refractivity contribution in [3.63, 3.8) is 0 Å². The van der Waals surface area contributed by atoms with E-state index in [1.54, 1.807) is 39.0 Å². The van der Waals surface area contributed by atoms with Crippen molar-refractivity contribution < 1.29 is 28.6 Å². The lowest BCUT2D eigenvalue weighted by atomic mass is 9.93. The molecule has 1 fully saturated rings. The Morgan fingerprint density at radius 2 is 1.89 bits per heavy atom. The van der Waals surface area contributed by atoms with E-state index in [4.69, 9.17) is 9.84 Å². The average Bonchev–Trinajstić information content (AvgIpc) is 3.63. The summed E-state index contributed by atoms with van der Waals surface area (Å²) in [6.45, 7) is 5.12. The average molecular weight is 615 g/mol. The number of benzene rings is 1. The van der Waals surface area contributed by atoms with Gasteiger partial charge in [-0.05, 0) is 75.4 Å². The molecule has 0 aliphatic heterocycles. The standard InChI is InChI=1S/C33H35FN6O5/c1-5-45-31-24(14-15-27(41)42)36-18-26(37-31)38-32(44)33(2,3)39-30(43)20-10-12-22-25(16-20)40(4)29(23-13-11-21(34)17-35-23)28(22)19-8-6-7-9-19/h10-19H,5-9H2,1-4H3,(H,39,43)(H,41,42)(H,37,38,44)/b15-14+. The summed E-state index contributed by atoms with van der Waals surface area (Å²) < 4.78 is 21.2. The third kappa shape index (κ3) is 6.69. The van der Waals surface area contributed by atoms with E-state index in [1.807, 2.05) is 17.7 Å². The number of carbonyl (C=O) groups excluding carboxylic acids is 2. The fourth-order valence-corrected chi connectivity index (χ4v) is 5.69. The highest BCUT2D eigenvalue weighted by molar-refractivity contribution is 6.05. The minimum atomic E-state index is -1.35. The normalized spacial score (nSPS) is 13.8. The van der Waals surface area contributed by atoms with Crippen LogP contribution >= 0.6 is 0 Å². The fraction of sp³-hybridized carbons (Fsp3) is 0.333. The van der Waals surface area contributed by atoms with E-state index in [1.165, 1.54) is 24.5 Å². The molecule has 11 nitrogen and oxygen atoms in total. The van der Waals surface area contributed by atoms with Crippen LogP contribution < -0.4 is 15.4 Å². The van der Waals surface area contributed by atoms with Crippen molar-refractivity contribution in [2.24, 2.45) is 7.05 Å². The number of aryl methyl sites for hydroxylation is 1. The molecule has 2 amide bonds. The quantitative estimate of drug-likeness (QED) is 0.199. The molecule has 3 aromatic heterocycles. The number of anilines is 1. The third-order valence-corrected chi connectivity index (χ3v) is 7.90. The van der Waals surface area contributed by atoms with Gasteiger partial charge in [0.2, 0.25) is 5.88 Å². The van der Waals surface area contributed by atoms with Crippen molar-refractivity contribution in [1.82, 2.24) is 24.8 Å². The number of carboxylic acids is 1. The maximum absolute atomic E-state index is 13.7. The molecule has 1 saturated carbocycles. The number of halogens is 1. The minimum absolute atomic E-state index is 0.0534. The van der Waals surface area contributed by atoms with Crippen LogP contribution in [0.3, 0.4) is 0 Å². The van der Waals surface area contributed by atoms with Gasteiger partial charge in [0.1, 0.15) is 17.1 Å². The smallest absolute Gasteiger partial charge is 0.328 e. The van der Waals surface area contributed by atoms with E-state index in [2.05, 4.69) is 25.6 Å². The number of fused-ring (bicyclic) bond motifs is 1. The Balaban J connectivity index is 1.39. The van der Waals surface area contributed by atoms with Gasteiger partial charge in [-0.3, -0.25) is 14.6 Å². The van der Waals surface area contributed by atoms with Crippen LogP contribution in [0.15, 0.2) is 48.8 Å². The van der Waals surface area contributed by atoms with E-state index in [-0.39, 0.29) is 24.0 Å². The number of nitrogens with zero attached hydrogens (tertiary/aromatic N) is 4. The maximum atomic E-state index is 13.7. The van der Waals surface area contributed by atoms with Gasteiger partial charge in [0.15, 0.2) is 5.82 Å². The highest BCUT2D eigenvalue weighted by Gasteiger charge is 2.32. The summed E-state index contributed by atoms with van der Waals surface area (Å²) in [5.41, 5.74) is 2.78. The summed E-state index contributed by atoms with van der Waals surface area (Å²) in [6.07, 6.45) is 9.03. The van der Waals surface area contributed by atoms with Crippen molar-refractivity contribution in [3.05, 3.63) is 71.4 Å². The molecule has 3 N–H and O–H groups in total. The maximum Gasteiger partial charge on any atom is 0.328 e. The van der Waals surface area contributed by atoms with E-state index >= 15 is 0 Å². The molecule has 0 radical (unpaired) electrons. The zero-order chi connectivity index (χ0) is 32.3. The van der Waals surface area contributed by atoms with Gasteiger partial charge < -0.3 is 25.0 Å². The zero-order valence-electron chi connectivity index (χ0n) is 25.6. The topological polar surface area (TPSA) is 148 Å². The van der Waals surface area contributed by atoms with Crippen LogP contribution in [0.2, 0.25) is 0 Å². The van der Waals surface area contributed by atoms with Gasteiger partial charge in [-0.1, -0.05) is 18.9 Å². The van der Waals surface area contributed by atoms with Crippen LogP contribution in [0, 0.1) is 5.82 Å². The number of pyridine rings is 1. The molecule has 3 heterocycles. The van der Waals surface area contributed by atoms with Gasteiger partial charge in [0.25, 0.3) is 11.8 Å². The molecule has 0 unspecified atom stereocenters. The molecule has 0 atom stereocenters. The Morgan fingerprint density at radius 1 is 1.13 bits per heavy atom. The lowest BCUT2D eigenvalue weighted by Gasteiger charge is -2.25. The SMILES string of the molecule is CCOc1nc(NC(=O)C(C)(C)NC(=O)c2ccc3c(C4CCCC4)c(-c4ccc(F)cn4)n(C)c3c2)cnc1/C=C/C(=O)O. The molecular weight excluding hydrogens is 579 g/mol. The molecule has 4 aromatic rings. The van der Waals surface area contributed by atoms with Crippen LogP contribution in [0.5, 0.6) is 5.88 Å². The predicted octanol–water partition coefficient (Wildman–Crippen LogP) is 5.47. The van der Waals surface area contributed by atoms with Gasteiger partial charge in [-0.25, -0.2) is 14.2 Å². The Labute approximate surface area is 259 Å². The van der Waals surface area contributed by atoms with Crippen LogP contribution in [-0.4, -0.2) is 54.6 Å². The van der Waals surface area contributed by atoms with Gasteiger partial charge in [-0.15, -0.1) is 0 Å². The molecule has 1 aliphatic carbocycles. The number of nitrogens with one attached hydrogen (secondary N) is 2. The molecule has 1 aliphatic rings. The molecule has 1 aromatic carbocycles. The molecule has 0 bridgehead atoms. The van der Waals surface area contributed by atoms with Crippen LogP contribution in [-0.2, 0) is 16.6 Å². The molecule has 0 saturated heterocycles. The van der Waals surface area contributed by atoms with Gasteiger partial charge in [-0.2, -0.15) is 4.98 Å². The van der Waals surface area contributed by atoms with E-state index in [9.17, 15) is 18.8 Å². The minimum Gasteiger partial charge on any atom is -0.478 e. The first-order valence-corrected chi connectivity index (χ1v) is 14.8. The van der Waals surface area contributed by atoms with Crippen LogP contribution in [0.4, 0.5) is 10.2 Å². The highest BCUT2D eigenvalue weighted by atomic mass is 19.1. The van der Waals surface area contributed by atoms with Crippen LogP contribution in [0.1, 0.15) is 74.0 Å². The number of aliphatic carboxylic acids is 1. The lowest BCUT2D eigenvalue weighted by Crippen LogP contribution is -2.52. The number of amides is 2. The second-order valence-corrected chi connectivity index (χ2v) is 11.5. The summed E-state index contributed by atoms with van der Waals surface area (Å²) in [7, 11) is 1.92. The van der Waals surface area contributed by atoms with Gasteiger partial charge in [0.05, 0.1) is 30.4 Å². The van der Waals surface area contributed by atoms with Crippen LogP contribution in [0.25, 0.3) is 28.4 Å². The van der Waals surface area contributed by atoms with E-state index in [0.717, 1.165) is 53.9 Å². The first kappa shape index (κ1) is 31.3. The first-order valence-electron chi connectivity index (χ1n) is 14.8. The molecule has 12 heteroatoms. The molecular formula is C33H35FN6O5. The molecule has 234 valence electrons. The first-order chi connectivity index (χ1) is 21.5. The van der Waals surface area contributed by atoms with Crippen molar-refractivity contribution >= 4 is 40.6 Å². The Bertz CT molecular complexity index is 1790. The summed E-state index contributed by atoms with van der Waals surface area (Å²) in [6, 6.07) is 8.56. The van der Waals surface area contributed by atoms with Gasteiger partial charge >= 0.3 is 5.97 Å². The number of carboxylic acid groups (broad SMARTS) is 1. The number of hydrogen-bond acceptors (Lipinski definition) is 7. The molecule has 5 rings (SSSR count). The Morgan fingerprint density at radius 3 is 2.56 bits per heavy atom. The monoisotopic (exact) mass is 614 g/mol. The number of hydrogen-bond donors (Lipinski definition) is 3. The number of carbonyl (C=O) groups is 3. The highest BCUT2D eigenvalue weighted by Crippen LogP contribution is 2.44. The van der Waals surface area contributed by atoms with Crippen molar-refractivity contribution in [2.75, 3.05) is 11.9 Å². The third-order valence-electron chi connectivity index (χ3n) is 7.90. The summed E-state index contributed by atoms with van der Waals surface area (Å²) >= 11 is 0. The second-order valence-electron chi connectivity index (χ2n) is 11.5. The second kappa shape index (κ2) is 12.8. The van der Waals surface area contributed by atoms with Crippen molar-refractivity contribution in [2.45, 2.75) is 57.9 Å². The number of rotatable bonds is 10. The predicted molar refractivity (Wildman–Crippen MR) is 167 cm³/mol. The summed E-state index contributed by atoms with van der Waals surface area (Å²) in [5, 5.41) is 15.4. The van der Waals surface area contributed by atoms with E-state index < -0.39 is 29.1 Å². The lowest BCUT2D eigenvalue weighted by molar-refractivity contribution is -0.131. The zero-order valence-corrected chi connectivity index (χ0v) is 25.6. The molecule has 45 heavy (non-hydrogen) atoms. The largest absolute Gasteiger partial charge is 0.478 e. The fourth-order valence-electron chi connectivity index (χ4n) is 5.69. The number of ether oxygens (including phenoxy) is 1. The van der Waals surface area contributed by atoms with E-state index in [0.29, 0.717) is 17.2 Å². The molecule has 0 spiro atoms. The Hall–Kier alpha value is -5.13. The van der Waals surface area contributed by atoms with Crippen molar-refractivity contribution in [1.29, 1.82) is 0 Å². The number of aromatic nitrogens is 4. The Kier molecular flexibility index (Phi) is 8.94. The summed E-state index contributed by atoms with van der Waals surface area (Å²) in [4.78, 5) is 50.4. The van der Waals surface area contributed by atoms with Crippen molar-refractivity contribution in [3.8, 4) is 17.3 Å².